The van der Waals surface area contributed by atoms with Gasteiger partial charge in [0, 0.05) is 30.1 Å². The second-order valence-corrected chi connectivity index (χ2v) is 9.80. The molecule has 2 heterocycles. The molecule has 7 heteroatoms. The lowest BCUT2D eigenvalue weighted by atomic mass is 10.1. The van der Waals surface area contributed by atoms with Crippen molar-refractivity contribution < 1.29 is 13.2 Å². The lowest BCUT2D eigenvalue weighted by Crippen LogP contribution is -2.24. The minimum atomic E-state index is -3.18. The summed E-state index contributed by atoms with van der Waals surface area (Å²) < 4.78 is 34.0. The number of nitrogens with two attached hydrogens (primary N) is 1. The van der Waals surface area contributed by atoms with Crippen molar-refractivity contribution in [1.82, 2.24) is 4.57 Å². The number of aromatic nitrogens is 1. The molecule has 0 unspecified atom stereocenters. The summed E-state index contributed by atoms with van der Waals surface area (Å²) in [6.07, 6.45) is 3.27. The molecular formula is C22H25N3O3S. The maximum Gasteiger partial charge on any atom is 0.235 e. The molecule has 2 N–H and O–H groups in total. The van der Waals surface area contributed by atoms with Gasteiger partial charge in [-0.15, -0.1) is 0 Å². The van der Waals surface area contributed by atoms with E-state index in [-0.39, 0.29) is 5.75 Å². The van der Waals surface area contributed by atoms with Gasteiger partial charge in [0.15, 0.2) is 0 Å². The summed E-state index contributed by atoms with van der Waals surface area (Å²) in [5.41, 5.74) is 11.0. The standard InChI is InChI=1S/C22H25N3O3S/c1-2-24-20-14-18(28-17-8-9-17)10-11-19(20)21(23)22(24)15-4-6-16(7-5-15)25-12-3-13-29(25,26)27/h4-7,10-11,14,17H,2-3,8-9,12-13,23H2,1H3. The molecule has 0 spiro atoms. The Morgan fingerprint density at radius 3 is 2.52 bits per heavy atom. The first-order valence-electron chi connectivity index (χ1n) is 10.2. The van der Waals surface area contributed by atoms with Crippen molar-refractivity contribution in [2.75, 3.05) is 22.3 Å². The van der Waals surface area contributed by atoms with E-state index in [1.807, 2.05) is 36.4 Å². The van der Waals surface area contributed by atoms with Crippen LogP contribution in [0.1, 0.15) is 26.2 Å². The summed E-state index contributed by atoms with van der Waals surface area (Å²) in [4.78, 5) is 0. The van der Waals surface area contributed by atoms with Crippen LogP contribution in [-0.2, 0) is 16.6 Å². The normalized spacial score (nSPS) is 18.4. The third-order valence-electron chi connectivity index (χ3n) is 5.75. The topological polar surface area (TPSA) is 77.6 Å². The Morgan fingerprint density at radius 2 is 1.90 bits per heavy atom. The third-order valence-corrected chi connectivity index (χ3v) is 7.62. The number of nitrogen functional groups attached to an aromatic ring is 1. The van der Waals surface area contributed by atoms with Gasteiger partial charge in [-0.25, -0.2) is 8.42 Å². The van der Waals surface area contributed by atoms with Crippen molar-refractivity contribution >= 4 is 32.3 Å². The molecular weight excluding hydrogens is 386 g/mol. The highest BCUT2D eigenvalue weighted by Crippen LogP contribution is 2.39. The molecule has 1 aliphatic carbocycles. The number of aryl methyl sites for hydroxylation is 1. The van der Waals surface area contributed by atoms with Crippen LogP contribution in [0.5, 0.6) is 5.75 Å². The minimum Gasteiger partial charge on any atom is -0.490 e. The molecule has 0 atom stereocenters. The summed E-state index contributed by atoms with van der Waals surface area (Å²) in [6, 6.07) is 13.8. The van der Waals surface area contributed by atoms with Crippen LogP contribution < -0.4 is 14.8 Å². The van der Waals surface area contributed by atoms with Crippen LogP contribution in [0.15, 0.2) is 42.5 Å². The van der Waals surface area contributed by atoms with Gasteiger partial charge in [-0.3, -0.25) is 4.31 Å². The Labute approximate surface area is 170 Å². The molecule has 0 bridgehead atoms. The molecule has 29 heavy (non-hydrogen) atoms. The molecule has 2 aromatic carbocycles. The predicted molar refractivity (Wildman–Crippen MR) is 117 cm³/mol. The van der Waals surface area contributed by atoms with Crippen molar-refractivity contribution in [3.05, 3.63) is 42.5 Å². The molecule has 152 valence electrons. The van der Waals surface area contributed by atoms with Gasteiger partial charge >= 0.3 is 0 Å². The van der Waals surface area contributed by atoms with Gasteiger partial charge in [0.1, 0.15) is 5.75 Å². The SMILES string of the molecule is CCn1c(-c2ccc(N3CCCS3(=O)=O)cc2)c(N)c2ccc(OC3CC3)cc21. The molecule has 6 nitrogen and oxygen atoms in total. The van der Waals surface area contributed by atoms with E-state index in [2.05, 4.69) is 17.6 Å². The van der Waals surface area contributed by atoms with Crippen LogP contribution in [-0.4, -0.2) is 31.4 Å². The number of fused-ring (bicyclic) bond motifs is 1. The lowest BCUT2D eigenvalue weighted by Gasteiger charge is -2.17. The monoisotopic (exact) mass is 411 g/mol. The van der Waals surface area contributed by atoms with E-state index in [0.29, 0.717) is 24.8 Å². The van der Waals surface area contributed by atoms with Crippen molar-refractivity contribution in [2.45, 2.75) is 38.8 Å². The van der Waals surface area contributed by atoms with Crippen LogP contribution in [0.2, 0.25) is 0 Å². The number of nitrogens with zero attached hydrogens (tertiary/aromatic N) is 2. The van der Waals surface area contributed by atoms with Crippen LogP contribution >= 0.6 is 0 Å². The predicted octanol–water partition coefficient (Wildman–Crippen LogP) is 3.99. The van der Waals surface area contributed by atoms with Crippen molar-refractivity contribution in [3.8, 4) is 17.0 Å². The largest absolute Gasteiger partial charge is 0.490 e. The third kappa shape index (κ3) is 3.13. The Kier molecular flexibility index (Phi) is 4.24. The van der Waals surface area contributed by atoms with Crippen LogP contribution in [0.3, 0.4) is 0 Å². The summed E-state index contributed by atoms with van der Waals surface area (Å²) in [5, 5.41) is 1.01. The molecule has 0 radical (unpaired) electrons. The first-order chi connectivity index (χ1) is 14.0. The van der Waals surface area contributed by atoms with E-state index in [9.17, 15) is 8.42 Å². The number of benzene rings is 2. The highest BCUT2D eigenvalue weighted by Gasteiger charge is 2.28. The molecule has 1 aliphatic heterocycles. The highest BCUT2D eigenvalue weighted by molar-refractivity contribution is 7.93. The Bertz CT molecular complexity index is 1180. The number of hydrogen-bond donors (Lipinski definition) is 1. The van der Waals surface area contributed by atoms with E-state index in [1.54, 1.807) is 0 Å². The molecule has 2 aliphatic rings. The summed E-state index contributed by atoms with van der Waals surface area (Å²) >= 11 is 0. The molecule has 1 saturated heterocycles. The van der Waals surface area contributed by atoms with Gasteiger partial charge < -0.3 is 15.0 Å². The number of anilines is 2. The van der Waals surface area contributed by atoms with Gasteiger partial charge in [0.05, 0.1) is 34.4 Å². The van der Waals surface area contributed by atoms with Crippen LogP contribution in [0.25, 0.3) is 22.2 Å². The Hall–Kier alpha value is -2.67. The Balaban J connectivity index is 1.56. The summed E-state index contributed by atoms with van der Waals surface area (Å²) in [7, 11) is -3.18. The number of rotatable bonds is 5. The second kappa shape index (κ2) is 6.69. The van der Waals surface area contributed by atoms with Gasteiger partial charge in [-0.05, 0) is 50.5 Å². The second-order valence-electron chi connectivity index (χ2n) is 7.79. The number of sulfonamides is 1. The maximum absolute atomic E-state index is 12.2. The van der Waals surface area contributed by atoms with Crippen molar-refractivity contribution in [2.24, 2.45) is 0 Å². The van der Waals surface area contributed by atoms with E-state index < -0.39 is 10.0 Å². The van der Waals surface area contributed by atoms with Gasteiger partial charge in [-0.2, -0.15) is 0 Å². The minimum absolute atomic E-state index is 0.219. The fourth-order valence-corrected chi connectivity index (χ4v) is 5.73. The van der Waals surface area contributed by atoms with E-state index in [1.165, 1.54) is 4.31 Å². The van der Waals surface area contributed by atoms with Crippen LogP contribution in [0, 0.1) is 0 Å². The van der Waals surface area contributed by atoms with Gasteiger partial charge in [-0.1, -0.05) is 12.1 Å². The average Bonchev–Trinajstić information content (AvgIpc) is 3.39. The molecule has 2 fully saturated rings. The van der Waals surface area contributed by atoms with Gasteiger partial charge in [0.25, 0.3) is 0 Å². The lowest BCUT2D eigenvalue weighted by molar-refractivity contribution is 0.303. The molecule has 1 aromatic heterocycles. The summed E-state index contributed by atoms with van der Waals surface area (Å²) in [6.45, 7) is 3.42. The number of ether oxygens (including phenoxy) is 1. The maximum atomic E-state index is 12.2. The molecule has 5 rings (SSSR count). The zero-order valence-electron chi connectivity index (χ0n) is 16.5. The average molecular weight is 412 g/mol. The number of hydrogen-bond acceptors (Lipinski definition) is 4. The Morgan fingerprint density at radius 1 is 1.14 bits per heavy atom. The zero-order chi connectivity index (χ0) is 20.2. The van der Waals surface area contributed by atoms with E-state index in [4.69, 9.17) is 10.5 Å². The molecule has 0 amide bonds. The first-order valence-corrected chi connectivity index (χ1v) is 11.8. The molecule has 1 saturated carbocycles. The fourth-order valence-electron chi connectivity index (χ4n) is 4.16. The highest BCUT2D eigenvalue weighted by atomic mass is 32.2. The smallest absolute Gasteiger partial charge is 0.235 e. The van der Waals surface area contributed by atoms with Crippen molar-refractivity contribution in [1.29, 1.82) is 0 Å². The van der Waals surface area contributed by atoms with Gasteiger partial charge in [0.2, 0.25) is 10.0 Å². The zero-order valence-corrected chi connectivity index (χ0v) is 17.3. The van der Waals surface area contributed by atoms with Crippen molar-refractivity contribution in [3.63, 3.8) is 0 Å². The quantitative estimate of drug-likeness (QED) is 0.689. The van der Waals surface area contributed by atoms with E-state index in [0.717, 1.165) is 53.0 Å². The fraction of sp³-hybridized carbons (Fsp3) is 0.364. The van der Waals surface area contributed by atoms with E-state index >= 15 is 0 Å². The molecule has 3 aromatic rings. The first kappa shape index (κ1) is 18.4. The summed E-state index contributed by atoms with van der Waals surface area (Å²) in [5.74, 6) is 1.10. The van der Waals surface area contributed by atoms with Crippen LogP contribution in [0.4, 0.5) is 11.4 Å².